The van der Waals surface area contributed by atoms with E-state index in [1.807, 2.05) is 19.1 Å². The smallest absolute Gasteiger partial charge is 0.309 e. The molecule has 1 aromatic carbocycles. The van der Waals surface area contributed by atoms with Crippen molar-refractivity contribution in [3.8, 4) is 0 Å². The molecule has 0 saturated carbocycles. The van der Waals surface area contributed by atoms with E-state index in [-0.39, 0.29) is 41.7 Å². The van der Waals surface area contributed by atoms with Crippen LogP contribution in [0.5, 0.6) is 0 Å². The fraction of sp³-hybridized carbons (Fsp3) is 0.667. The average Bonchev–Trinajstić information content (AvgIpc) is 2.82. The van der Waals surface area contributed by atoms with Crippen LogP contribution in [0.3, 0.4) is 0 Å². The fourth-order valence-electron chi connectivity index (χ4n) is 4.41. The third-order valence-corrected chi connectivity index (χ3v) is 6.21. The Morgan fingerprint density at radius 1 is 1.12 bits per heavy atom. The summed E-state index contributed by atoms with van der Waals surface area (Å²) in [5.41, 5.74) is 0.707. The molecule has 2 heterocycles. The summed E-state index contributed by atoms with van der Waals surface area (Å²) in [6, 6.07) is 7.02. The van der Waals surface area contributed by atoms with Gasteiger partial charge in [0.05, 0.1) is 18.2 Å². The van der Waals surface area contributed by atoms with Crippen LogP contribution in [0.15, 0.2) is 29.3 Å². The molecule has 2 aliphatic rings. The molecule has 0 amide bonds. The molecule has 9 heteroatoms. The number of piperazine rings is 1. The van der Waals surface area contributed by atoms with Gasteiger partial charge in [-0.05, 0) is 45.2 Å². The SMILES string of the molecule is CCNC(=NCCCN1CCN(c2ccccc2F)CC1)N1CCC(C(=O)OCC)CC1.I. The zero-order chi connectivity index (χ0) is 22.8. The third-order valence-electron chi connectivity index (χ3n) is 6.21. The number of esters is 1. The number of carbonyl (C=O) groups is 1. The van der Waals surface area contributed by atoms with Crippen LogP contribution in [0.2, 0.25) is 0 Å². The van der Waals surface area contributed by atoms with Crippen molar-refractivity contribution >= 4 is 41.6 Å². The van der Waals surface area contributed by atoms with Crippen LogP contribution in [0.25, 0.3) is 0 Å². The molecule has 3 rings (SSSR count). The minimum absolute atomic E-state index is 0. The number of hydrogen-bond donors (Lipinski definition) is 1. The van der Waals surface area contributed by atoms with Crippen LogP contribution < -0.4 is 10.2 Å². The predicted octanol–water partition coefficient (Wildman–Crippen LogP) is 3.20. The van der Waals surface area contributed by atoms with E-state index in [1.54, 1.807) is 6.07 Å². The van der Waals surface area contributed by atoms with Gasteiger partial charge in [0.25, 0.3) is 0 Å². The number of aliphatic imine (C=N–C) groups is 1. The van der Waals surface area contributed by atoms with Crippen LogP contribution >= 0.6 is 24.0 Å². The predicted molar refractivity (Wildman–Crippen MR) is 142 cm³/mol. The topological polar surface area (TPSA) is 60.4 Å². The van der Waals surface area contributed by atoms with Gasteiger partial charge in [0.2, 0.25) is 0 Å². The summed E-state index contributed by atoms with van der Waals surface area (Å²) in [5, 5.41) is 3.39. The van der Waals surface area contributed by atoms with Crippen molar-refractivity contribution in [3.63, 3.8) is 0 Å². The molecule has 0 bridgehead atoms. The molecule has 186 valence electrons. The van der Waals surface area contributed by atoms with E-state index in [0.29, 0.717) is 12.3 Å². The number of benzene rings is 1. The Morgan fingerprint density at radius 2 is 1.82 bits per heavy atom. The zero-order valence-electron chi connectivity index (χ0n) is 20.0. The van der Waals surface area contributed by atoms with Gasteiger partial charge in [-0.25, -0.2) is 4.39 Å². The molecule has 0 spiro atoms. The van der Waals surface area contributed by atoms with Gasteiger partial charge in [-0.3, -0.25) is 14.7 Å². The van der Waals surface area contributed by atoms with Crippen molar-refractivity contribution in [2.24, 2.45) is 10.9 Å². The molecule has 1 N–H and O–H groups in total. The molecule has 2 saturated heterocycles. The Bertz CT molecular complexity index is 750. The third kappa shape index (κ3) is 8.27. The quantitative estimate of drug-likeness (QED) is 0.169. The van der Waals surface area contributed by atoms with Gasteiger partial charge in [-0.1, -0.05) is 12.1 Å². The lowest BCUT2D eigenvalue weighted by Gasteiger charge is -2.36. The lowest BCUT2D eigenvalue weighted by atomic mass is 9.97. The van der Waals surface area contributed by atoms with E-state index in [1.165, 1.54) is 6.07 Å². The molecular formula is C24H39FIN5O2. The zero-order valence-corrected chi connectivity index (χ0v) is 22.3. The van der Waals surface area contributed by atoms with E-state index in [4.69, 9.17) is 9.73 Å². The van der Waals surface area contributed by atoms with Crippen molar-refractivity contribution in [2.75, 3.05) is 70.4 Å². The van der Waals surface area contributed by atoms with Crippen molar-refractivity contribution in [1.29, 1.82) is 0 Å². The number of piperidine rings is 1. The second-order valence-electron chi connectivity index (χ2n) is 8.38. The Morgan fingerprint density at radius 3 is 2.45 bits per heavy atom. The van der Waals surface area contributed by atoms with Gasteiger partial charge in [0.15, 0.2) is 5.96 Å². The summed E-state index contributed by atoms with van der Waals surface area (Å²) >= 11 is 0. The molecule has 2 fully saturated rings. The number of anilines is 1. The number of carbonyl (C=O) groups excluding carboxylic acids is 1. The number of nitrogens with one attached hydrogen (secondary N) is 1. The largest absolute Gasteiger partial charge is 0.466 e. The summed E-state index contributed by atoms with van der Waals surface area (Å²) < 4.78 is 19.2. The maximum Gasteiger partial charge on any atom is 0.309 e. The highest BCUT2D eigenvalue weighted by molar-refractivity contribution is 14.0. The van der Waals surface area contributed by atoms with Gasteiger partial charge in [0, 0.05) is 58.9 Å². The number of guanidine groups is 1. The number of ether oxygens (including phenoxy) is 1. The van der Waals surface area contributed by atoms with Crippen LogP contribution in [-0.4, -0.2) is 87.2 Å². The highest BCUT2D eigenvalue weighted by Gasteiger charge is 2.27. The lowest BCUT2D eigenvalue weighted by molar-refractivity contribution is -0.149. The fourth-order valence-corrected chi connectivity index (χ4v) is 4.41. The van der Waals surface area contributed by atoms with Crippen LogP contribution in [0.1, 0.15) is 33.1 Å². The molecule has 33 heavy (non-hydrogen) atoms. The monoisotopic (exact) mass is 575 g/mol. The van der Waals surface area contributed by atoms with E-state index in [9.17, 15) is 9.18 Å². The summed E-state index contributed by atoms with van der Waals surface area (Å²) in [7, 11) is 0. The normalized spacial score (nSPS) is 18.1. The summed E-state index contributed by atoms with van der Waals surface area (Å²) in [4.78, 5) is 23.6. The first-order chi connectivity index (χ1) is 15.6. The summed E-state index contributed by atoms with van der Waals surface area (Å²) in [6.45, 7) is 12.2. The maximum absolute atomic E-state index is 14.0. The van der Waals surface area contributed by atoms with E-state index >= 15 is 0 Å². The van der Waals surface area contributed by atoms with Gasteiger partial charge >= 0.3 is 5.97 Å². The van der Waals surface area contributed by atoms with Crippen molar-refractivity contribution in [2.45, 2.75) is 33.1 Å². The van der Waals surface area contributed by atoms with Crippen molar-refractivity contribution < 1.29 is 13.9 Å². The first-order valence-corrected chi connectivity index (χ1v) is 12.0. The number of para-hydroxylation sites is 1. The average molecular weight is 576 g/mol. The Labute approximate surface area is 214 Å². The van der Waals surface area contributed by atoms with Gasteiger partial charge < -0.3 is 19.9 Å². The van der Waals surface area contributed by atoms with Gasteiger partial charge in [-0.15, -0.1) is 24.0 Å². The molecule has 0 radical (unpaired) electrons. The molecule has 2 aliphatic heterocycles. The minimum Gasteiger partial charge on any atom is -0.466 e. The highest BCUT2D eigenvalue weighted by atomic mass is 127. The number of hydrogen-bond acceptors (Lipinski definition) is 5. The number of rotatable bonds is 8. The Balaban J connectivity index is 0.00000385. The summed E-state index contributed by atoms with van der Waals surface area (Å²) in [5.74, 6) is 0.748. The maximum atomic E-state index is 14.0. The second-order valence-corrected chi connectivity index (χ2v) is 8.38. The van der Waals surface area contributed by atoms with E-state index in [0.717, 1.165) is 84.1 Å². The lowest BCUT2D eigenvalue weighted by Crippen LogP contribution is -2.47. The molecule has 0 aliphatic carbocycles. The summed E-state index contributed by atoms with van der Waals surface area (Å²) in [6.07, 6.45) is 2.62. The molecule has 7 nitrogen and oxygen atoms in total. The van der Waals surface area contributed by atoms with Crippen LogP contribution in [0, 0.1) is 11.7 Å². The van der Waals surface area contributed by atoms with E-state index < -0.39 is 0 Å². The highest BCUT2D eigenvalue weighted by Crippen LogP contribution is 2.20. The van der Waals surface area contributed by atoms with Crippen LogP contribution in [-0.2, 0) is 9.53 Å². The minimum atomic E-state index is -0.141. The van der Waals surface area contributed by atoms with Crippen LogP contribution in [0.4, 0.5) is 10.1 Å². The standard InChI is InChI=1S/C24H38FN5O2.HI/c1-3-26-24(30-14-10-20(11-15-30)23(31)32-4-2)27-12-7-13-28-16-18-29(19-17-28)22-9-6-5-8-21(22)25;/h5-6,8-9,20H,3-4,7,10-19H2,1-2H3,(H,26,27);1H. The molecule has 0 atom stereocenters. The van der Waals surface area contributed by atoms with Gasteiger partial charge in [-0.2, -0.15) is 0 Å². The second kappa shape index (κ2) is 14.6. The molecule has 0 aromatic heterocycles. The Kier molecular flexibility index (Phi) is 12.2. The van der Waals surface area contributed by atoms with Crippen molar-refractivity contribution in [1.82, 2.24) is 15.1 Å². The number of nitrogens with zero attached hydrogens (tertiary/aromatic N) is 4. The van der Waals surface area contributed by atoms with Crippen molar-refractivity contribution in [3.05, 3.63) is 30.1 Å². The number of halogens is 2. The van der Waals surface area contributed by atoms with Gasteiger partial charge in [0.1, 0.15) is 5.82 Å². The molecular weight excluding hydrogens is 536 g/mol. The number of likely N-dealkylation sites (tertiary alicyclic amines) is 1. The first-order valence-electron chi connectivity index (χ1n) is 12.0. The molecule has 0 unspecified atom stereocenters. The Hall–Kier alpha value is -1.62. The molecule has 1 aromatic rings. The van der Waals surface area contributed by atoms with E-state index in [2.05, 4.69) is 26.9 Å². The first kappa shape index (κ1) is 27.6.